The zero-order valence-corrected chi connectivity index (χ0v) is 12.1. The van der Waals surface area contributed by atoms with Crippen molar-refractivity contribution in [2.24, 2.45) is 0 Å². The average molecular weight is 310 g/mol. The van der Waals surface area contributed by atoms with Crippen molar-refractivity contribution < 1.29 is 14.3 Å². The van der Waals surface area contributed by atoms with Crippen LogP contribution in [0.1, 0.15) is 5.56 Å². The van der Waals surface area contributed by atoms with E-state index in [0.29, 0.717) is 22.4 Å². The first-order valence-electron chi connectivity index (χ1n) is 6.68. The van der Waals surface area contributed by atoms with Crippen LogP contribution < -0.4 is 0 Å². The number of nitrogens with zero attached hydrogens (tertiary/aromatic N) is 2. The van der Waals surface area contributed by atoms with Crippen LogP contribution in [-0.2, 0) is 11.2 Å². The van der Waals surface area contributed by atoms with E-state index in [4.69, 9.17) is 4.42 Å². The highest BCUT2D eigenvalue weighted by atomic mass is 32.1. The molecule has 0 radical (unpaired) electrons. The van der Waals surface area contributed by atoms with Gasteiger partial charge in [-0.3, -0.25) is 4.79 Å². The molecule has 0 fully saturated rings. The van der Waals surface area contributed by atoms with Gasteiger partial charge in [0.15, 0.2) is 0 Å². The normalized spacial score (nSPS) is 11.3. The maximum atomic E-state index is 11.3. The highest BCUT2D eigenvalue weighted by molar-refractivity contribution is 7.00. The van der Waals surface area contributed by atoms with Gasteiger partial charge in [0.25, 0.3) is 0 Å². The van der Waals surface area contributed by atoms with Gasteiger partial charge in [0, 0.05) is 11.1 Å². The molecule has 6 heteroatoms. The molecule has 22 heavy (non-hydrogen) atoms. The summed E-state index contributed by atoms with van der Waals surface area (Å²) in [4.78, 5) is 11.3. The molecular formula is C16H10N2O3S. The Hall–Kier alpha value is -2.73. The average Bonchev–Trinajstić information content (AvgIpc) is 3.11. The van der Waals surface area contributed by atoms with Gasteiger partial charge in [0.2, 0.25) is 0 Å². The van der Waals surface area contributed by atoms with E-state index in [0.717, 1.165) is 28.2 Å². The fraction of sp³-hybridized carbons (Fsp3) is 0.0625. The topological polar surface area (TPSA) is 76.2 Å². The van der Waals surface area contributed by atoms with Crippen LogP contribution in [0.3, 0.4) is 0 Å². The minimum Gasteiger partial charge on any atom is -0.481 e. The molecule has 108 valence electrons. The molecule has 2 aromatic carbocycles. The van der Waals surface area contributed by atoms with E-state index in [1.807, 2.05) is 42.5 Å². The molecule has 4 aromatic rings. The molecule has 0 aliphatic heterocycles. The molecule has 0 unspecified atom stereocenters. The third kappa shape index (κ3) is 1.96. The number of aromatic nitrogens is 2. The standard InChI is InChI=1S/C16H10N2O3S/c19-13(20)8-10-14-12(7-6-11-15(14)18-22-17-11)21-16(10)9-4-2-1-3-5-9/h1-7H,8H2,(H,19,20). The molecule has 0 saturated carbocycles. The van der Waals surface area contributed by atoms with Gasteiger partial charge in [0.1, 0.15) is 22.4 Å². The largest absolute Gasteiger partial charge is 0.481 e. The molecular weight excluding hydrogens is 300 g/mol. The molecule has 1 N–H and O–H groups in total. The summed E-state index contributed by atoms with van der Waals surface area (Å²) >= 11 is 1.11. The van der Waals surface area contributed by atoms with E-state index in [2.05, 4.69) is 8.75 Å². The van der Waals surface area contributed by atoms with Crippen molar-refractivity contribution in [3.8, 4) is 11.3 Å². The Labute approximate surface area is 129 Å². The number of carboxylic acid groups (broad SMARTS) is 1. The molecule has 0 atom stereocenters. The molecule has 0 bridgehead atoms. The van der Waals surface area contributed by atoms with Crippen LogP contribution in [0.4, 0.5) is 0 Å². The van der Waals surface area contributed by atoms with Gasteiger partial charge in [0.05, 0.1) is 23.5 Å². The molecule has 0 saturated heterocycles. The Morgan fingerprint density at radius 1 is 1.14 bits per heavy atom. The summed E-state index contributed by atoms with van der Waals surface area (Å²) in [6, 6.07) is 13.2. The predicted octanol–water partition coefficient (Wildman–Crippen LogP) is 3.73. The number of fused-ring (bicyclic) bond motifs is 3. The molecule has 0 spiro atoms. The minimum absolute atomic E-state index is 0.117. The third-order valence-electron chi connectivity index (χ3n) is 3.54. The van der Waals surface area contributed by atoms with Gasteiger partial charge in [-0.05, 0) is 12.1 Å². The van der Waals surface area contributed by atoms with Gasteiger partial charge in [-0.1, -0.05) is 30.3 Å². The lowest BCUT2D eigenvalue weighted by atomic mass is 10.0. The molecule has 0 aliphatic carbocycles. The van der Waals surface area contributed by atoms with Crippen molar-refractivity contribution in [1.82, 2.24) is 8.75 Å². The maximum absolute atomic E-state index is 11.3. The monoisotopic (exact) mass is 310 g/mol. The second-order valence-electron chi connectivity index (χ2n) is 4.92. The van der Waals surface area contributed by atoms with Gasteiger partial charge < -0.3 is 9.52 Å². The number of hydrogen-bond donors (Lipinski definition) is 1. The SMILES string of the molecule is O=C(O)Cc1c(-c2ccccc2)oc2ccc3nsnc3c12. The quantitative estimate of drug-likeness (QED) is 0.624. The van der Waals surface area contributed by atoms with Crippen molar-refractivity contribution in [3.63, 3.8) is 0 Å². The zero-order chi connectivity index (χ0) is 15.1. The molecule has 0 amide bonds. The van der Waals surface area contributed by atoms with Gasteiger partial charge in [-0.2, -0.15) is 8.75 Å². The first kappa shape index (κ1) is 13.0. The number of furan rings is 1. The van der Waals surface area contributed by atoms with Crippen molar-refractivity contribution in [3.05, 3.63) is 48.0 Å². The zero-order valence-electron chi connectivity index (χ0n) is 11.3. The van der Waals surface area contributed by atoms with E-state index in [-0.39, 0.29) is 6.42 Å². The van der Waals surface area contributed by atoms with Gasteiger partial charge in [-0.15, -0.1) is 0 Å². The van der Waals surface area contributed by atoms with Crippen LogP contribution in [0.25, 0.3) is 33.3 Å². The number of aliphatic carboxylic acids is 1. The van der Waals surface area contributed by atoms with E-state index in [1.165, 1.54) is 0 Å². The Morgan fingerprint density at radius 2 is 1.95 bits per heavy atom. The minimum atomic E-state index is -0.903. The summed E-state index contributed by atoms with van der Waals surface area (Å²) in [7, 11) is 0. The summed E-state index contributed by atoms with van der Waals surface area (Å²) in [5, 5.41) is 10.0. The molecule has 5 nitrogen and oxygen atoms in total. The van der Waals surface area contributed by atoms with Crippen LogP contribution in [-0.4, -0.2) is 19.8 Å². The van der Waals surface area contributed by atoms with Gasteiger partial charge >= 0.3 is 5.97 Å². The summed E-state index contributed by atoms with van der Waals surface area (Å²) in [6.45, 7) is 0. The molecule has 2 aromatic heterocycles. The van der Waals surface area contributed by atoms with Crippen LogP contribution in [0.5, 0.6) is 0 Å². The highest BCUT2D eigenvalue weighted by Crippen LogP contribution is 2.37. The fourth-order valence-electron chi connectivity index (χ4n) is 2.64. The number of carbonyl (C=O) groups is 1. The van der Waals surface area contributed by atoms with Crippen molar-refractivity contribution in [2.75, 3.05) is 0 Å². The number of rotatable bonds is 3. The summed E-state index contributed by atoms with van der Waals surface area (Å²) in [5.41, 5.74) is 3.59. The Balaban J connectivity index is 2.10. The Morgan fingerprint density at radius 3 is 2.73 bits per heavy atom. The maximum Gasteiger partial charge on any atom is 0.307 e. The third-order valence-corrected chi connectivity index (χ3v) is 4.08. The summed E-state index contributed by atoms with van der Waals surface area (Å²) in [5.74, 6) is -0.321. The van der Waals surface area contributed by atoms with E-state index < -0.39 is 5.97 Å². The van der Waals surface area contributed by atoms with E-state index in [9.17, 15) is 9.90 Å². The van der Waals surface area contributed by atoms with Crippen LogP contribution in [0.15, 0.2) is 46.9 Å². The number of hydrogen-bond acceptors (Lipinski definition) is 5. The van der Waals surface area contributed by atoms with E-state index in [1.54, 1.807) is 0 Å². The van der Waals surface area contributed by atoms with Crippen molar-refractivity contribution in [1.29, 1.82) is 0 Å². The van der Waals surface area contributed by atoms with Crippen molar-refractivity contribution >= 4 is 39.7 Å². The van der Waals surface area contributed by atoms with Crippen LogP contribution in [0.2, 0.25) is 0 Å². The first-order chi connectivity index (χ1) is 10.7. The lowest BCUT2D eigenvalue weighted by Gasteiger charge is -2.00. The summed E-state index contributed by atoms with van der Waals surface area (Å²) < 4.78 is 14.4. The number of carboxylic acids is 1. The smallest absolute Gasteiger partial charge is 0.307 e. The molecule has 2 heterocycles. The second-order valence-corrected chi connectivity index (χ2v) is 5.45. The Bertz CT molecular complexity index is 989. The van der Waals surface area contributed by atoms with Crippen LogP contribution >= 0.6 is 11.7 Å². The predicted molar refractivity (Wildman–Crippen MR) is 84.0 cm³/mol. The highest BCUT2D eigenvalue weighted by Gasteiger charge is 2.21. The van der Waals surface area contributed by atoms with E-state index >= 15 is 0 Å². The lowest BCUT2D eigenvalue weighted by molar-refractivity contribution is -0.136. The Kier molecular flexibility index (Phi) is 2.90. The fourth-order valence-corrected chi connectivity index (χ4v) is 3.18. The molecule has 4 rings (SSSR count). The van der Waals surface area contributed by atoms with Gasteiger partial charge in [-0.25, -0.2) is 0 Å². The second kappa shape index (κ2) is 4.92. The molecule has 0 aliphatic rings. The summed E-state index contributed by atoms with van der Waals surface area (Å²) in [6.07, 6.45) is -0.117. The van der Waals surface area contributed by atoms with Crippen LogP contribution in [0, 0.1) is 0 Å². The number of benzene rings is 2. The lowest BCUT2D eigenvalue weighted by Crippen LogP contribution is -2.00. The van der Waals surface area contributed by atoms with Crippen molar-refractivity contribution in [2.45, 2.75) is 6.42 Å². The first-order valence-corrected chi connectivity index (χ1v) is 7.41.